The van der Waals surface area contributed by atoms with Gasteiger partial charge in [0.2, 0.25) is 11.8 Å². The number of ketones is 1. The van der Waals surface area contributed by atoms with E-state index in [2.05, 4.69) is 11.9 Å². The monoisotopic (exact) mass is 428 g/mol. The molecular formula is C23H32N4O4. The van der Waals surface area contributed by atoms with E-state index in [0.717, 1.165) is 25.7 Å². The highest BCUT2D eigenvalue weighted by Crippen LogP contribution is 2.31. The van der Waals surface area contributed by atoms with Gasteiger partial charge in [0.25, 0.3) is 5.91 Å². The molecule has 0 spiro atoms. The predicted molar refractivity (Wildman–Crippen MR) is 115 cm³/mol. The van der Waals surface area contributed by atoms with Crippen molar-refractivity contribution in [2.24, 2.45) is 11.7 Å². The Morgan fingerprint density at radius 2 is 1.81 bits per heavy atom. The number of carbonyl (C=O) groups excluding carboxylic acids is 4. The number of amides is 3. The van der Waals surface area contributed by atoms with E-state index in [1.807, 2.05) is 6.92 Å². The highest BCUT2D eigenvalue weighted by molar-refractivity contribution is 6.00. The third kappa shape index (κ3) is 5.48. The molecule has 3 amide bonds. The number of likely N-dealkylation sites (tertiary alicyclic amines) is 1. The van der Waals surface area contributed by atoms with Crippen molar-refractivity contribution in [3.63, 3.8) is 0 Å². The Balaban J connectivity index is 1.83. The van der Waals surface area contributed by atoms with Crippen LogP contribution in [0.25, 0.3) is 0 Å². The maximum absolute atomic E-state index is 13.3. The molecule has 0 radical (unpaired) electrons. The van der Waals surface area contributed by atoms with Crippen LogP contribution in [0.4, 0.5) is 0 Å². The van der Waals surface area contributed by atoms with E-state index in [4.69, 9.17) is 5.73 Å². The lowest BCUT2D eigenvalue weighted by atomic mass is 9.85. The van der Waals surface area contributed by atoms with Gasteiger partial charge in [-0.2, -0.15) is 0 Å². The quantitative estimate of drug-likeness (QED) is 0.720. The number of carbonyl (C=O) groups is 4. The molecule has 1 aromatic heterocycles. The zero-order valence-electron chi connectivity index (χ0n) is 18.3. The topological polar surface area (TPSA) is 114 Å². The van der Waals surface area contributed by atoms with Crippen LogP contribution < -0.4 is 5.73 Å². The molecule has 1 saturated carbocycles. The molecule has 1 aliphatic carbocycles. The van der Waals surface area contributed by atoms with Gasteiger partial charge >= 0.3 is 0 Å². The Hall–Kier alpha value is -2.77. The number of hydrogen-bond donors (Lipinski definition) is 1. The fourth-order valence-electron chi connectivity index (χ4n) is 4.74. The lowest BCUT2D eigenvalue weighted by molar-refractivity contribution is -0.145. The third-order valence-corrected chi connectivity index (χ3v) is 6.56. The second-order valence-corrected chi connectivity index (χ2v) is 8.91. The minimum absolute atomic E-state index is 0.0784. The van der Waals surface area contributed by atoms with Crippen LogP contribution in [0.5, 0.6) is 0 Å². The number of nitrogens with two attached hydrogens (primary N) is 1. The van der Waals surface area contributed by atoms with Crippen molar-refractivity contribution < 1.29 is 19.2 Å². The van der Waals surface area contributed by atoms with E-state index < -0.39 is 18.4 Å². The maximum Gasteiger partial charge on any atom is 0.273 e. The zero-order valence-corrected chi connectivity index (χ0v) is 18.3. The van der Waals surface area contributed by atoms with Gasteiger partial charge in [-0.1, -0.05) is 13.0 Å². The van der Waals surface area contributed by atoms with Crippen LogP contribution in [0.2, 0.25) is 0 Å². The summed E-state index contributed by atoms with van der Waals surface area (Å²) in [6, 6.07) is 4.22. The van der Waals surface area contributed by atoms with E-state index in [1.165, 1.54) is 0 Å². The van der Waals surface area contributed by atoms with E-state index in [9.17, 15) is 19.2 Å². The summed E-state index contributed by atoms with van der Waals surface area (Å²) in [6.45, 7) is 4.02. The Bertz CT molecular complexity index is 820. The molecule has 1 saturated heterocycles. The average molecular weight is 429 g/mol. The molecule has 2 N–H and O–H groups in total. The third-order valence-electron chi connectivity index (χ3n) is 6.56. The molecule has 0 bridgehead atoms. The zero-order chi connectivity index (χ0) is 22.5. The summed E-state index contributed by atoms with van der Waals surface area (Å²) < 4.78 is 0. The van der Waals surface area contributed by atoms with Crippen molar-refractivity contribution in [3.05, 3.63) is 30.1 Å². The molecule has 1 aliphatic heterocycles. The molecule has 1 unspecified atom stereocenters. The van der Waals surface area contributed by atoms with Crippen LogP contribution in [0.1, 0.15) is 69.3 Å². The summed E-state index contributed by atoms with van der Waals surface area (Å²) in [7, 11) is 0. The first-order chi connectivity index (χ1) is 14.8. The van der Waals surface area contributed by atoms with Gasteiger partial charge in [-0.05, 0) is 63.5 Å². The van der Waals surface area contributed by atoms with Crippen LogP contribution >= 0.6 is 0 Å². The summed E-state index contributed by atoms with van der Waals surface area (Å²) in [5, 5.41) is 0. The minimum atomic E-state index is -0.694. The standard InChI is InChI=1S/C23H32N4O4/c1-15-6-9-17(10-7-15)27(22(30)13-21(24)29)19-11-8-16(2)26(14-20(19)28)23(31)18-5-3-4-12-25-18/h3-5,12,15-17,19H,6-11,13-14H2,1-2H3,(H2,24,29)/t15?,16-,17?,19?/m1/s1. The lowest BCUT2D eigenvalue weighted by Gasteiger charge is -2.40. The molecule has 1 aromatic rings. The molecule has 2 atom stereocenters. The molecule has 8 nitrogen and oxygen atoms in total. The number of nitrogens with zero attached hydrogens (tertiary/aromatic N) is 3. The predicted octanol–water partition coefficient (Wildman–Crippen LogP) is 1.93. The summed E-state index contributed by atoms with van der Waals surface area (Å²) >= 11 is 0. The van der Waals surface area contributed by atoms with Gasteiger partial charge in [-0.25, -0.2) is 0 Å². The molecule has 3 rings (SSSR count). The number of pyridine rings is 1. The van der Waals surface area contributed by atoms with Crippen LogP contribution in [-0.4, -0.2) is 63.0 Å². The SMILES string of the molecule is CC1CCC(N(C(=O)CC(N)=O)C2CC[C@@H](C)N(C(=O)c3ccccn3)CC2=O)CC1. The molecule has 2 heterocycles. The number of primary amides is 1. The molecular weight excluding hydrogens is 396 g/mol. The summed E-state index contributed by atoms with van der Waals surface area (Å²) in [4.78, 5) is 58.0. The smallest absolute Gasteiger partial charge is 0.273 e. The summed E-state index contributed by atoms with van der Waals surface area (Å²) in [5.74, 6) is -0.961. The fraction of sp³-hybridized carbons (Fsp3) is 0.609. The van der Waals surface area contributed by atoms with E-state index >= 15 is 0 Å². The van der Waals surface area contributed by atoms with Crippen molar-refractivity contribution in [2.75, 3.05) is 6.54 Å². The first kappa shape index (κ1) is 22.9. The van der Waals surface area contributed by atoms with Crippen molar-refractivity contribution in [1.29, 1.82) is 0 Å². The molecule has 2 aliphatic rings. The van der Waals surface area contributed by atoms with Gasteiger partial charge < -0.3 is 15.5 Å². The summed E-state index contributed by atoms with van der Waals surface area (Å²) in [5.41, 5.74) is 5.59. The van der Waals surface area contributed by atoms with E-state index in [-0.39, 0.29) is 36.2 Å². The van der Waals surface area contributed by atoms with Crippen LogP contribution in [-0.2, 0) is 14.4 Å². The number of aromatic nitrogens is 1. The van der Waals surface area contributed by atoms with E-state index in [0.29, 0.717) is 24.5 Å². The van der Waals surface area contributed by atoms with Gasteiger partial charge in [-0.3, -0.25) is 24.2 Å². The Kier molecular flexibility index (Phi) is 7.41. The van der Waals surface area contributed by atoms with E-state index in [1.54, 1.807) is 34.2 Å². The van der Waals surface area contributed by atoms with Crippen molar-refractivity contribution in [1.82, 2.24) is 14.8 Å². The Labute approximate surface area is 183 Å². The van der Waals surface area contributed by atoms with Gasteiger partial charge in [-0.15, -0.1) is 0 Å². The number of rotatable bonds is 5. The Morgan fingerprint density at radius 1 is 1.10 bits per heavy atom. The largest absolute Gasteiger partial charge is 0.369 e. The van der Waals surface area contributed by atoms with Gasteiger partial charge in [0.1, 0.15) is 12.1 Å². The van der Waals surface area contributed by atoms with Crippen molar-refractivity contribution in [3.8, 4) is 0 Å². The fourth-order valence-corrected chi connectivity index (χ4v) is 4.74. The minimum Gasteiger partial charge on any atom is -0.369 e. The molecule has 31 heavy (non-hydrogen) atoms. The number of hydrogen-bond acceptors (Lipinski definition) is 5. The highest BCUT2D eigenvalue weighted by Gasteiger charge is 2.40. The Morgan fingerprint density at radius 3 is 2.42 bits per heavy atom. The molecule has 0 aromatic carbocycles. The van der Waals surface area contributed by atoms with Gasteiger partial charge in [0.15, 0.2) is 5.78 Å². The van der Waals surface area contributed by atoms with Gasteiger partial charge in [0, 0.05) is 18.3 Å². The van der Waals surface area contributed by atoms with Gasteiger partial charge in [0.05, 0.1) is 12.6 Å². The van der Waals surface area contributed by atoms with Crippen LogP contribution in [0, 0.1) is 5.92 Å². The van der Waals surface area contributed by atoms with Crippen molar-refractivity contribution in [2.45, 2.75) is 76.9 Å². The maximum atomic E-state index is 13.3. The average Bonchev–Trinajstić information content (AvgIpc) is 2.88. The first-order valence-corrected chi connectivity index (χ1v) is 11.1. The second-order valence-electron chi connectivity index (χ2n) is 8.91. The lowest BCUT2D eigenvalue weighted by Crippen LogP contribution is -2.53. The summed E-state index contributed by atoms with van der Waals surface area (Å²) in [6.07, 6.45) is 5.76. The van der Waals surface area contributed by atoms with Crippen LogP contribution in [0.3, 0.4) is 0 Å². The highest BCUT2D eigenvalue weighted by atomic mass is 16.2. The first-order valence-electron chi connectivity index (χ1n) is 11.1. The van der Waals surface area contributed by atoms with Crippen molar-refractivity contribution >= 4 is 23.5 Å². The second kappa shape index (κ2) is 10.0. The molecule has 168 valence electrons. The number of Topliss-reactive ketones (excluding diaryl/α,β-unsaturated/α-hetero) is 1. The molecule has 8 heteroatoms. The normalized spacial score (nSPS) is 26.8. The van der Waals surface area contributed by atoms with Crippen LogP contribution in [0.15, 0.2) is 24.4 Å². The molecule has 2 fully saturated rings.